The van der Waals surface area contributed by atoms with E-state index in [1.807, 2.05) is 19.9 Å². The Hall–Kier alpha value is -3.04. The second kappa shape index (κ2) is 10.9. The summed E-state index contributed by atoms with van der Waals surface area (Å²) < 4.78 is 52.4. The summed E-state index contributed by atoms with van der Waals surface area (Å²) in [6.45, 7) is 8.91. The van der Waals surface area contributed by atoms with Crippen molar-refractivity contribution in [3.63, 3.8) is 0 Å². The van der Waals surface area contributed by atoms with Gasteiger partial charge in [0.1, 0.15) is 16.5 Å². The molecule has 1 N–H and O–H groups in total. The van der Waals surface area contributed by atoms with Crippen LogP contribution in [0.4, 0.5) is 4.39 Å². The Bertz CT molecular complexity index is 1340. The number of aromatic nitrogens is 2. The molecule has 0 aliphatic heterocycles. The van der Waals surface area contributed by atoms with Gasteiger partial charge >= 0.3 is 5.97 Å². The fraction of sp³-hybridized carbons (Fsp3) is 0.407. The number of ether oxygens (including phenoxy) is 1. The number of hydrogen-bond acceptors (Lipinski definition) is 5. The van der Waals surface area contributed by atoms with Crippen molar-refractivity contribution in [2.45, 2.75) is 70.9 Å². The summed E-state index contributed by atoms with van der Waals surface area (Å²) in [7, 11) is -2.95. The molecule has 7 nitrogen and oxygen atoms in total. The lowest BCUT2D eigenvalue weighted by atomic mass is 10.0. The molecule has 2 aromatic carbocycles. The van der Waals surface area contributed by atoms with Gasteiger partial charge < -0.3 is 9.30 Å². The van der Waals surface area contributed by atoms with Gasteiger partial charge in [-0.15, -0.1) is 0 Å². The second-order valence-corrected chi connectivity index (χ2v) is 11.3. The van der Waals surface area contributed by atoms with Crippen molar-refractivity contribution >= 4 is 16.0 Å². The van der Waals surface area contributed by atoms with E-state index in [0.29, 0.717) is 29.9 Å². The third-order valence-corrected chi connectivity index (χ3v) is 7.42. The number of rotatable bonds is 9. The Morgan fingerprint density at radius 3 is 2.33 bits per heavy atom. The van der Waals surface area contributed by atoms with E-state index in [2.05, 4.69) is 9.71 Å². The first kappa shape index (κ1) is 27.5. The Labute approximate surface area is 212 Å². The van der Waals surface area contributed by atoms with E-state index in [4.69, 9.17) is 4.74 Å². The molecular formula is C27H34FN3O4S. The molecule has 194 valence electrons. The molecule has 0 spiro atoms. The second-order valence-electron chi connectivity index (χ2n) is 9.64. The van der Waals surface area contributed by atoms with E-state index in [1.165, 1.54) is 7.11 Å². The van der Waals surface area contributed by atoms with Gasteiger partial charge in [-0.3, -0.25) is 0 Å². The van der Waals surface area contributed by atoms with Crippen molar-refractivity contribution < 1.29 is 22.3 Å². The first-order chi connectivity index (χ1) is 16.9. The molecule has 0 fully saturated rings. The number of carbonyl (C=O) groups excluding carboxylic acids is 1. The molecule has 0 amide bonds. The lowest BCUT2D eigenvalue weighted by molar-refractivity contribution is 0.0587. The number of methoxy groups -OCH3 is 1. The molecule has 0 unspecified atom stereocenters. The van der Waals surface area contributed by atoms with Crippen LogP contribution < -0.4 is 4.72 Å². The SMILES string of the molecule is CCCc1nc(CC)c(C(=O)OC)n1Cc1ccc(-c2ccccc2)c(S(=O)(=O)NC(C)(C)C)c1F. The fourth-order valence-corrected chi connectivity index (χ4v) is 5.91. The fourth-order valence-electron chi connectivity index (χ4n) is 4.16. The molecule has 3 rings (SSSR count). The van der Waals surface area contributed by atoms with Crippen molar-refractivity contribution in [2.24, 2.45) is 0 Å². The monoisotopic (exact) mass is 515 g/mol. The number of aryl methyl sites for hydroxylation is 2. The number of esters is 1. The van der Waals surface area contributed by atoms with Gasteiger partial charge in [0.05, 0.1) is 19.3 Å². The van der Waals surface area contributed by atoms with Gasteiger partial charge in [-0.05, 0) is 39.2 Å². The van der Waals surface area contributed by atoms with E-state index in [9.17, 15) is 13.2 Å². The summed E-state index contributed by atoms with van der Waals surface area (Å²) in [5, 5.41) is 0. The summed E-state index contributed by atoms with van der Waals surface area (Å²) in [4.78, 5) is 16.8. The zero-order chi connectivity index (χ0) is 26.7. The van der Waals surface area contributed by atoms with E-state index in [-0.39, 0.29) is 23.4 Å². The topological polar surface area (TPSA) is 90.3 Å². The zero-order valence-electron chi connectivity index (χ0n) is 21.7. The first-order valence-electron chi connectivity index (χ1n) is 12.0. The first-order valence-corrected chi connectivity index (χ1v) is 13.5. The quantitative estimate of drug-likeness (QED) is 0.400. The van der Waals surface area contributed by atoms with Crippen LogP contribution >= 0.6 is 0 Å². The van der Waals surface area contributed by atoms with Gasteiger partial charge in [-0.25, -0.2) is 27.3 Å². The minimum atomic E-state index is -4.23. The number of nitrogens with one attached hydrogen (secondary N) is 1. The molecule has 0 aliphatic rings. The van der Waals surface area contributed by atoms with Crippen LogP contribution in [0, 0.1) is 5.82 Å². The normalized spacial score (nSPS) is 12.1. The molecule has 1 heterocycles. The average molecular weight is 516 g/mol. The van der Waals surface area contributed by atoms with Gasteiger partial charge in [-0.1, -0.05) is 56.3 Å². The number of halogens is 1. The summed E-state index contributed by atoms with van der Waals surface area (Å²) in [6.07, 6.45) is 1.84. The number of carbonyl (C=O) groups is 1. The molecule has 0 aliphatic carbocycles. The molecule has 0 saturated heterocycles. The maximum absolute atomic E-state index is 16.2. The molecule has 0 bridgehead atoms. The highest BCUT2D eigenvalue weighted by Crippen LogP contribution is 2.33. The Morgan fingerprint density at radius 1 is 1.11 bits per heavy atom. The lowest BCUT2D eigenvalue weighted by Gasteiger charge is -2.23. The smallest absolute Gasteiger partial charge is 0.356 e. The van der Waals surface area contributed by atoms with E-state index in [1.54, 1.807) is 61.7 Å². The highest BCUT2D eigenvalue weighted by atomic mass is 32.2. The summed E-state index contributed by atoms with van der Waals surface area (Å²) in [5.41, 5.74) is 0.972. The van der Waals surface area contributed by atoms with Gasteiger partial charge in [0, 0.05) is 23.1 Å². The van der Waals surface area contributed by atoms with Crippen LogP contribution in [0.2, 0.25) is 0 Å². The number of benzene rings is 2. The molecule has 36 heavy (non-hydrogen) atoms. The van der Waals surface area contributed by atoms with Crippen molar-refractivity contribution in [3.05, 3.63) is 71.1 Å². The molecule has 3 aromatic rings. The predicted molar refractivity (Wildman–Crippen MR) is 138 cm³/mol. The minimum absolute atomic E-state index is 0.0638. The average Bonchev–Trinajstić information content (AvgIpc) is 3.15. The van der Waals surface area contributed by atoms with Gasteiger partial charge in [-0.2, -0.15) is 0 Å². The summed E-state index contributed by atoms with van der Waals surface area (Å²) in [6, 6.07) is 12.0. The lowest BCUT2D eigenvalue weighted by Crippen LogP contribution is -2.41. The molecule has 0 atom stereocenters. The van der Waals surface area contributed by atoms with E-state index in [0.717, 1.165) is 6.42 Å². The molecule has 1 aromatic heterocycles. The van der Waals surface area contributed by atoms with Gasteiger partial charge in [0.2, 0.25) is 10.0 Å². The highest BCUT2D eigenvalue weighted by molar-refractivity contribution is 7.89. The van der Waals surface area contributed by atoms with Crippen molar-refractivity contribution in [1.29, 1.82) is 0 Å². The van der Waals surface area contributed by atoms with Crippen molar-refractivity contribution in [2.75, 3.05) is 7.11 Å². The molecular weight excluding hydrogens is 481 g/mol. The predicted octanol–water partition coefficient (Wildman–Crippen LogP) is 5.12. The van der Waals surface area contributed by atoms with Crippen LogP contribution in [-0.2, 0) is 34.1 Å². The maximum Gasteiger partial charge on any atom is 0.356 e. The summed E-state index contributed by atoms with van der Waals surface area (Å²) in [5.74, 6) is -0.804. The Kier molecular flexibility index (Phi) is 8.36. The Morgan fingerprint density at radius 2 is 1.78 bits per heavy atom. The van der Waals surface area contributed by atoms with Gasteiger partial charge in [0.15, 0.2) is 5.69 Å². The largest absolute Gasteiger partial charge is 0.464 e. The minimum Gasteiger partial charge on any atom is -0.464 e. The van der Waals surface area contributed by atoms with Crippen LogP contribution in [0.15, 0.2) is 47.4 Å². The van der Waals surface area contributed by atoms with Gasteiger partial charge in [0.25, 0.3) is 0 Å². The zero-order valence-corrected chi connectivity index (χ0v) is 22.5. The van der Waals surface area contributed by atoms with Crippen LogP contribution in [0.5, 0.6) is 0 Å². The molecule has 9 heteroatoms. The standard InChI is InChI=1S/C27H34FN3O4S/c1-7-12-22-29-21(8-2)24(26(32)35-6)31(22)17-19-15-16-20(18-13-10-9-11-14-18)25(23(19)28)36(33,34)30-27(3,4)5/h9-11,13-16,30H,7-8,12,17H2,1-6H3. The van der Waals surface area contributed by atoms with Crippen molar-refractivity contribution in [1.82, 2.24) is 14.3 Å². The number of imidazole rings is 1. The van der Waals surface area contributed by atoms with E-state index >= 15 is 4.39 Å². The van der Waals surface area contributed by atoms with Crippen molar-refractivity contribution in [3.8, 4) is 11.1 Å². The van der Waals surface area contributed by atoms with Crippen LogP contribution in [0.3, 0.4) is 0 Å². The number of nitrogens with zero attached hydrogens (tertiary/aromatic N) is 2. The van der Waals surface area contributed by atoms with E-state index < -0.39 is 32.2 Å². The number of hydrogen-bond donors (Lipinski definition) is 1. The highest BCUT2D eigenvalue weighted by Gasteiger charge is 2.31. The Balaban J connectivity index is 2.26. The third-order valence-electron chi connectivity index (χ3n) is 5.61. The summed E-state index contributed by atoms with van der Waals surface area (Å²) >= 11 is 0. The van der Waals surface area contributed by atoms with Crippen LogP contribution in [-0.4, -0.2) is 36.6 Å². The van der Waals surface area contributed by atoms with Crippen LogP contribution in [0.25, 0.3) is 11.1 Å². The maximum atomic E-state index is 16.2. The number of sulfonamides is 1. The molecule has 0 saturated carbocycles. The third kappa shape index (κ3) is 5.84. The van der Waals surface area contributed by atoms with Crippen LogP contribution in [0.1, 0.15) is 68.6 Å². The molecule has 0 radical (unpaired) electrons.